The van der Waals surface area contributed by atoms with Crippen molar-refractivity contribution >= 4 is 11.6 Å². The Bertz CT molecular complexity index is 670. The molecule has 1 aliphatic heterocycles. The summed E-state index contributed by atoms with van der Waals surface area (Å²) in [5, 5.41) is 11.4. The summed E-state index contributed by atoms with van der Waals surface area (Å²) in [6.45, 7) is 4.99. The predicted molar refractivity (Wildman–Crippen MR) is 92.4 cm³/mol. The van der Waals surface area contributed by atoms with Crippen molar-refractivity contribution in [2.24, 2.45) is 13.0 Å². The average Bonchev–Trinajstić information content (AvgIpc) is 2.96. The molecule has 0 bridgehead atoms. The van der Waals surface area contributed by atoms with E-state index in [1.807, 2.05) is 29.9 Å². The first-order valence-corrected chi connectivity index (χ1v) is 8.55. The highest BCUT2D eigenvalue weighted by Gasteiger charge is 2.29. The number of hydrogen-bond acceptors (Lipinski definition) is 3. The Morgan fingerprint density at radius 3 is 2.96 bits per heavy atom. The van der Waals surface area contributed by atoms with E-state index in [0.717, 1.165) is 43.3 Å². The number of benzene rings is 1. The Labute approximate surface area is 142 Å². The van der Waals surface area contributed by atoms with Crippen molar-refractivity contribution in [1.82, 2.24) is 14.5 Å². The number of halogens is 1. The molecule has 124 valence electrons. The summed E-state index contributed by atoms with van der Waals surface area (Å²) >= 11 is 6.04. The van der Waals surface area contributed by atoms with Crippen LogP contribution in [-0.2, 0) is 13.6 Å². The van der Waals surface area contributed by atoms with E-state index in [4.69, 9.17) is 11.6 Å². The second-order valence-electron chi connectivity index (χ2n) is 6.55. The van der Waals surface area contributed by atoms with E-state index in [2.05, 4.69) is 22.9 Å². The Morgan fingerprint density at radius 1 is 1.43 bits per heavy atom. The summed E-state index contributed by atoms with van der Waals surface area (Å²) in [6.07, 6.45) is 5.29. The maximum atomic E-state index is 10.7. The van der Waals surface area contributed by atoms with E-state index in [-0.39, 0.29) is 5.92 Å². The summed E-state index contributed by atoms with van der Waals surface area (Å²) < 4.78 is 1.91. The van der Waals surface area contributed by atoms with Crippen LogP contribution in [0.4, 0.5) is 0 Å². The molecule has 2 atom stereocenters. The van der Waals surface area contributed by atoms with Gasteiger partial charge in [0.1, 0.15) is 11.9 Å². The molecule has 1 aromatic heterocycles. The maximum Gasteiger partial charge on any atom is 0.137 e. The molecule has 3 rings (SSSR count). The van der Waals surface area contributed by atoms with E-state index >= 15 is 0 Å². The molecule has 23 heavy (non-hydrogen) atoms. The van der Waals surface area contributed by atoms with Gasteiger partial charge in [-0.05, 0) is 49.6 Å². The molecule has 0 amide bonds. The monoisotopic (exact) mass is 333 g/mol. The highest BCUT2D eigenvalue weighted by atomic mass is 35.5. The number of rotatable bonds is 4. The van der Waals surface area contributed by atoms with Crippen LogP contribution in [0.2, 0.25) is 5.02 Å². The predicted octanol–water partition coefficient (Wildman–Crippen LogP) is 3.33. The van der Waals surface area contributed by atoms with Gasteiger partial charge in [0.05, 0.1) is 0 Å². The highest BCUT2D eigenvalue weighted by Crippen LogP contribution is 2.29. The highest BCUT2D eigenvalue weighted by molar-refractivity contribution is 6.30. The van der Waals surface area contributed by atoms with Gasteiger partial charge in [0.15, 0.2) is 0 Å². The topological polar surface area (TPSA) is 41.3 Å². The molecule has 0 radical (unpaired) electrons. The van der Waals surface area contributed by atoms with Crippen LogP contribution in [0.25, 0.3) is 0 Å². The number of imidazole rings is 1. The smallest absolute Gasteiger partial charge is 0.137 e. The van der Waals surface area contributed by atoms with Crippen molar-refractivity contribution in [1.29, 1.82) is 0 Å². The van der Waals surface area contributed by atoms with Crippen LogP contribution in [0, 0.1) is 12.8 Å². The van der Waals surface area contributed by atoms with Gasteiger partial charge in [-0.3, -0.25) is 4.90 Å². The van der Waals surface area contributed by atoms with Crippen molar-refractivity contribution in [3.63, 3.8) is 0 Å². The Hall–Kier alpha value is -1.36. The second kappa shape index (κ2) is 7.04. The zero-order valence-electron chi connectivity index (χ0n) is 13.7. The second-order valence-corrected chi connectivity index (χ2v) is 6.99. The van der Waals surface area contributed by atoms with Gasteiger partial charge in [0.25, 0.3) is 0 Å². The molecular weight excluding hydrogens is 310 g/mol. The molecule has 5 heteroatoms. The average molecular weight is 334 g/mol. The minimum absolute atomic E-state index is 0.234. The summed E-state index contributed by atoms with van der Waals surface area (Å²) in [5.41, 5.74) is 2.53. The van der Waals surface area contributed by atoms with Crippen LogP contribution < -0.4 is 0 Å². The quantitative estimate of drug-likeness (QED) is 0.933. The van der Waals surface area contributed by atoms with Crippen LogP contribution in [0.5, 0.6) is 0 Å². The molecule has 0 unspecified atom stereocenters. The zero-order chi connectivity index (χ0) is 16.4. The molecule has 1 aromatic carbocycles. The van der Waals surface area contributed by atoms with Gasteiger partial charge in [0.2, 0.25) is 0 Å². The van der Waals surface area contributed by atoms with Gasteiger partial charge in [-0.2, -0.15) is 0 Å². The number of piperidine rings is 1. The fraction of sp³-hybridized carbons (Fsp3) is 0.500. The van der Waals surface area contributed by atoms with E-state index in [9.17, 15) is 5.11 Å². The summed E-state index contributed by atoms with van der Waals surface area (Å²) in [5.74, 6) is 0.997. The van der Waals surface area contributed by atoms with Crippen LogP contribution in [0.1, 0.15) is 35.9 Å². The number of hydrogen-bond donors (Lipinski definition) is 1. The van der Waals surface area contributed by atoms with Crippen molar-refractivity contribution < 1.29 is 5.11 Å². The SMILES string of the molecule is Cc1cc(Cl)ccc1CN1CCC[C@H]([C@H](O)c2nccn2C)C1. The molecule has 0 aliphatic carbocycles. The maximum absolute atomic E-state index is 10.7. The minimum Gasteiger partial charge on any atom is -0.385 e. The fourth-order valence-electron chi connectivity index (χ4n) is 3.44. The fourth-order valence-corrected chi connectivity index (χ4v) is 3.67. The Balaban J connectivity index is 1.67. The van der Waals surface area contributed by atoms with Crippen molar-refractivity contribution in [3.8, 4) is 0 Å². The van der Waals surface area contributed by atoms with Gasteiger partial charge in [0, 0.05) is 43.5 Å². The molecule has 2 heterocycles. The van der Waals surface area contributed by atoms with E-state index in [1.165, 1.54) is 11.1 Å². The molecule has 4 nitrogen and oxygen atoms in total. The number of aliphatic hydroxyl groups is 1. The van der Waals surface area contributed by atoms with Crippen LogP contribution in [0.15, 0.2) is 30.6 Å². The lowest BCUT2D eigenvalue weighted by Crippen LogP contribution is -2.38. The van der Waals surface area contributed by atoms with Crippen LogP contribution in [0.3, 0.4) is 0 Å². The third-order valence-electron chi connectivity index (χ3n) is 4.81. The van der Waals surface area contributed by atoms with Crippen molar-refractivity contribution in [2.45, 2.75) is 32.4 Å². The van der Waals surface area contributed by atoms with E-state index in [0.29, 0.717) is 0 Å². The molecule has 1 fully saturated rings. The lowest BCUT2D eigenvalue weighted by Gasteiger charge is -2.35. The number of nitrogens with zero attached hydrogens (tertiary/aromatic N) is 3. The largest absolute Gasteiger partial charge is 0.385 e. The molecule has 1 saturated heterocycles. The van der Waals surface area contributed by atoms with E-state index < -0.39 is 6.10 Å². The molecule has 1 aliphatic rings. The van der Waals surface area contributed by atoms with Crippen molar-refractivity contribution in [3.05, 3.63) is 52.6 Å². The Kier molecular flexibility index (Phi) is 5.05. The summed E-state index contributed by atoms with van der Waals surface area (Å²) in [6, 6.07) is 6.07. The van der Waals surface area contributed by atoms with Gasteiger partial charge >= 0.3 is 0 Å². The zero-order valence-corrected chi connectivity index (χ0v) is 14.5. The number of aliphatic hydroxyl groups excluding tert-OH is 1. The van der Waals surface area contributed by atoms with Crippen LogP contribution >= 0.6 is 11.6 Å². The van der Waals surface area contributed by atoms with Gasteiger partial charge < -0.3 is 9.67 Å². The van der Waals surface area contributed by atoms with Gasteiger partial charge in [-0.1, -0.05) is 17.7 Å². The third-order valence-corrected chi connectivity index (χ3v) is 5.05. The first-order valence-electron chi connectivity index (χ1n) is 8.17. The van der Waals surface area contributed by atoms with Crippen LogP contribution in [-0.4, -0.2) is 32.6 Å². The first kappa shape index (κ1) is 16.5. The van der Waals surface area contributed by atoms with Gasteiger partial charge in [-0.15, -0.1) is 0 Å². The lowest BCUT2D eigenvalue weighted by molar-refractivity contribution is 0.0404. The third kappa shape index (κ3) is 3.77. The standard InChI is InChI=1S/C18H24ClN3O/c1-13-10-16(19)6-5-14(13)11-22-8-3-4-15(12-22)17(23)18-20-7-9-21(18)2/h5-7,9-10,15,17,23H,3-4,8,11-12H2,1-2H3/t15-,17-/m0/s1. The Morgan fingerprint density at radius 2 is 2.26 bits per heavy atom. The summed E-state index contributed by atoms with van der Waals surface area (Å²) in [4.78, 5) is 6.73. The number of likely N-dealkylation sites (tertiary alicyclic amines) is 1. The molecular formula is C18H24ClN3O. The minimum atomic E-state index is -0.496. The number of aromatic nitrogens is 2. The molecule has 1 N–H and O–H groups in total. The molecule has 2 aromatic rings. The number of aryl methyl sites for hydroxylation is 2. The van der Waals surface area contributed by atoms with Crippen molar-refractivity contribution in [2.75, 3.05) is 13.1 Å². The molecule has 0 spiro atoms. The first-order chi connectivity index (χ1) is 11.0. The van der Waals surface area contributed by atoms with Gasteiger partial charge in [-0.25, -0.2) is 4.98 Å². The molecule has 0 saturated carbocycles. The lowest BCUT2D eigenvalue weighted by atomic mass is 9.91. The normalized spacial score (nSPS) is 20.6. The van der Waals surface area contributed by atoms with E-state index in [1.54, 1.807) is 6.20 Å². The summed E-state index contributed by atoms with van der Waals surface area (Å²) in [7, 11) is 1.93.